The molecule has 1 saturated heterocycles. The van der Waals surface area contributed by atoms with Crippen molar-refractivity contribution >= 4 is 17.7 Å². The Bertz CT molecular complexity index is 631. The van der Waals surface area contributed by atoms with Crippen molar-refractivity contribution in [1.29, 1.82) is 0 Å². The number of carbonyl (C=O) groups excluding carboxylic acids is 3. The maximum absolute atomic E-state index is 12.5. The summed E-state index contributed by atoms with van der Waals surface area (Å²) >= 11 is 0. The highest BCUT2D eigenvalue weighted by molar-refractivity contribution is 6.21. The molecule has 22 heavy (non-hydrogen) atoms. The number of likely N-dealkylation sites (tertiary alicyclic amines) is 1. The van der Waals surface area contributed by atoms with E-state index in [2.05, 4.69) is 0 Å². The minimum Gasteiger partial charge on any atom is -0.340 e. The van der Waals surface area contributed by atoms with Crippen LogP contribution in [0.4, 0.5) is 0 Å². The van der Waals surface area contributed by atoms with Gasteiger partial charge in [0.05, 0.1) is 17.2 Å². The lowest BCUT2D eigenvalue weighted by molar-refractivity contribution is -0.137. The lowest BCUT2D eigenvalue weighted by Gasteiger charge is -2.29. The molecular formula is C17H18N2O3. The summed E-state index contributed by atoms with van der Waals surface area (Å²) in [7, 11) is 0. The molecule has 0 aromatic heterocycles. The first kappa shape index (κ1) is 13.5. The first-order chi connectivity index (χ1) is 10.7. The van der Waals surface area contributed by atoms with E-state index in [4.69, 9.17) is 0 Å². The van der Waals surface area contributed by atoms with E-state index in [0.29, 0.717) is 30.6 Å². The topological polar surface area (TPSA) is 57.7 Å². The monoisotopic (exact) mass is 298 g/mol. The molecule has 1 aromatic rings. The lowest BCUT2D eigenvalue weighted by Crippen LogP contribution is -2.43. The summed E-state index contributed by atoms with van der Waals surface area (Å²) in [5, 5.41) is 0. The first-order valence-corrected chi connectivity index (χ1v) is 7.92. The molecule has 0 spiro atoms. The second-order valence-corrected chi connectivity index (χ2v) is 6.38. The minimum atomic E-state index is -0.219. The zero-order chi connectivity index (χ0) is 15.3. The second kappa shape index (κ2) is 4.93. The number of carbonyl (C=O) groups is 3. The van der Waals surface area contributed by atoms with Gasteiger partial charge in [0.15, 0.2) is 0 Å². The molecule has 1 aromatic carbocycles. The molecule has 0 N–H and O–H groups in total. The van der Waals surface area contributed by atoms with Gasteiger partial charge in [-0.3, -0.25) is 19.3 Å². The van der Waals surface area contributed by atoms with E-state index in [1.807, 2.05) is 4.90 Å². The molecule has 3 amide bonds. The first-order valence-electron chi connectivity index (χ1n) is 7.92. The van der Waals surface area contributed by atoms with Gasteiger partial charge in [0.25, 0.3) is 11.8 Å². The van der Waals surface area contributed by atoms with Gasteiger partial charge in [-0.05, 0) is 31.4 Å². The number of hydrogen-bond acceptors (Lipinski definition) is 3. The summed E-state index contributed by atoms with van der Waals surface area (Å²) in [6.07, 6.45) is 3.77. The average Bonchev–Trinajstić information content (AvgIpc) is 3.03. The molecule has 2 fully saturated rings. The molecule has 5 heteroatoms. The zero-order valence-corrected chi connectivity index (χ0v) is 12.3. The van der Waals surface area contributed by atoms with E-state index < -0.39 is 0 Å². The van der Waals surface area contributed by atoms with Crippen LogP contribution in [0.5, 0.6) is 0 Å². The van der Waals surface area contributed by atoms with E-state index in [9.17, 15) is 14.4 Å². The normalized spacial score (nSPS) is 24.6. The summed E-state index contributed by atoms with van der Waals surface area (Å²) in [5.41, 5.74) is 0.965. The molecule has 1 atom stereocenters. The van der Waals surface area contributed by atoms with Gasteiger partial charge >= 0.3 is 0 Å². The van der Waals surface area contributed by atoms with Crippen molar-refractivity contribution in [1.82, 2.24) is 9.80 Å². The fourth-order valence-corrected chi connectivity index (χ4v) is 3.61. The third-order valence-corrected chi connectivity index (χ3v) is 5.12. The molecule has 114 valence electrons. The van der Waals surface area contributed by atoms with Gasteiger partial charge < -0.3 is 4.90 Å². The Morgan fingerprint density at radius 1 is 1.00 bits per heavy atom. The highest BCUT2D eigenvalue weighted by Crippen LogP contribution is 2.32. The van der Waals surface area contributed by atoms with E-state index in [-0.39, 0.29) is 29.7 Å². The predicted octanol–water partition coefficient (Wildman–Crippen LogP) is 1.68. The number of rotatable bonds is 2. The minimum absolute atomic E-state index is 0.168. The van der Waals surface area contributed by atoms with Gasteiger partial charge in [0, 0.05) is 19.0 Å². The molecule has 4 rings (SSSR count). The Hall–Kier alpha value is -2.17. The summed E-state index contributed by atoms with van der Waals surface area (Å²) in [5.74, 6) is -0.0710. The van der Waals surface area contributed by atoms with Gasteiger partial charge in [-0.1, -0.05) is 18.6 Å². The molecule has 3 aliphatic rings. The Balaban J connectivity index is 1.51. The van der Waals surface area contributed by atoms with Crippen molar-refractivity contribution in [2.75, 3.05) is 13.1 Å². The maximum Gasteiger partial charge on any atom is 0.261 e. The highest BCUT2D eigenvalue weighted by atomic mass is 16.2. The summed E-state index contributed by atoms with van der Waals surface area (Å²) in [6.45, 7) is 1.13. The number of fused-ring (bicyclic) bond motifs is 1. The van der Waals surface area contributed by atoms with E-state index in [1.165, 1.54) is 4.90 Å². The Kier molecular flexibility index (Phi) is 3.03. The van der Waals surface area contributed by atoms with Crippen molar-refractivity contribution in [3.8, 4) is 0 Å². The smallest absolute Gasteiger partial charge is 0.261 e. The molecule has 2 aliphatic heterocycles. The molecule has 1 aliphatic carbocycles. The molecule has 2 heterocycles. The fourth-order valence-electron chi connectivity index (χ4n) is 3.61. The van der Waals surface area contributed by atoms with Crippen molar-refractivity contribution < 1.29 is 14.4 Å². The van der Waals surface area contributed by atoms with Crippen LogP contribution in [-0.2, 0) is 4.79 Å². The van der Waals surface area contributed by atoms with Crippen LogP contribution in [-0.4, -0.2) is 46.7 Å². The standard InChI is InChI=1S/C17H18N2O3/c20-15(11-4-3-5-11)18-9-8-12(10-18)19-16(21)13-6-1-2-7-14(13)17(19)22/h1-2,6-7,11-12H,3-5,8-10H2. The van der Waals surface area contributed by atoms with Crippen molar-refractivity contribution in [3.63, 3.8) is 0 Å². The fraction of sp³-hybridized carbons (Fsp3) is 0.471. The second-order valence-electron chi connectivity index (χ2n) is 6.38. The van der Waals surface area contributed by atoms with Crippen LogP contribution in [0.15, 0.2) is 24.3 Å². The number of benzene rings is 1. The predicted molar refractivity (Wildman–Crippen MR) is 79.3 cm³/mol. The molecular weight excluding hydrogens is 280 g/mol. The van der Waals surface area contributed by atoms with Gasteiger partial charge in [0.2, 0.25) is 5.91 Å². The van der Waals surface area contributed by atoms with Gasteiger partial charge in [-0.15, -0.1) is 0 Å². The quantitative estimate of drug-likeness (QED) is 0.781. The Morgan fingerprint density at radius 2 is 1.64 bits per heavy atom. The van der Waals surface area contributed by atoms with Gasteiger partial charge in [-0.2, -0.15) is 0 Å². The van der Waals surface area contributed by atoms with Gasteiger partial charge in [-0.25, -0.2) is 0 Å². The highest BCUT2D eigenvalue weighted by Gasteiger charge is 2.43. The van der Waals surface area contributed by atoms with Crippen LogP contribution in [0.3, 0.4) is 0 Å². The number of hydrogen-bond donors (Lipinski definition) is 0. The van der Waals surface area contributed by atoms with Crippen LogP contribution in [0.25, 0.3) is 0 Å². The van der Waals surface area contributed by atoms with Crippen LogP contribution in [0, 0.1) is 5.92 Å². The average molecular weight is 298 g/mol. The van der Waals surface area contributed by atoms with Gasteiger partial charge in [0.1, 0.15) is 0 Å². The Morgan fingerprint density at radius 3 is 2.18 bits per heavy atom. The molecule has 0 bridgehead atoms. The summed E-state index contributed by atoms with van der Waals surface area (Å²) in [6, 6.07) is 6.75. The van der Waals surface area contributed by atoms with Crippen LogP contribution < -0.4 is 0 Å². The number of amides is 3. The van der Waals surface area contributed by atoms with Crippen LogP contribution in [0.2, 0.25) is 0 Å². The largest absolute Gasteiger partial charge is 0.340 e. The number of imide groups is 1. The third kappa shape index (κ3) is 1.88. The maximum atomic E-state index is 12.5. The zero-order valence-electron chi connectivity index (χ0n) is 12.3. The molecule has 1 saturated carbocycles. The van der Waals surface area contributed by atoms with Crippen LogP contribution >= 0.6 is 0 Å². The van der Waals surface area contributed by atoms with Crippen LogP contribution in [0.1, 0.15) is 46.4 Å². The van der Waals surface area contributed by atoms with E-state index >= 15 is 0 Å². The van der Waals surface area contributed by atoms with E-state index in [1.54, 1.807) is 24.3 Å². The number of nitrogens with zero attached hydrogens (tertiary/aromatic N) is 2. The summed E-state index contributed by atoms with van der Waals surface area (Å²) < 4.78 is 0. The van der Waals surface area contributed by atoms with Crippen molar-refractivity contribution in [2.24, 2.45) is 5.92 Å². The van der Waals surface area contributed by atoms with Crippen molar-refractivity contribution in [2.45, 2.75) is 31.7 Å². The molecule has 1 unspecified atom stereocenters. The SMILES string of the molecule is O=C(C1CCC1)N1CCC(N2C(=O)c3ccccc3C2=O)C1. The lowest BCUT2D eigenvalue weighted by atomic mass is 9.84. The third-order valence-electron chi connectivity index (χ3n) is 5.12. The summed E-state index contributed by atoms with van der Waals surface area (Å²) in [4.78, 5) is 40.4. The molecule has 0 radical (unpaired) electrons. The Labute approximate surface area is 128 Å². The molecule has 5 nitrogen and oxygen atoms in total. The van der Waals surface area contributed by atoms with E-state index in [0.717, 1.165) is 19.3 Å². The van der Waals surface area contributed by atoms with Crippen molar-refractivity contribution in [3.05, 3.63) is 35.4 Å².